The van der Waals surface area contributed by atoms with Gasteiger partial charge in [0.2, 0.25) is 5.91 Å². The van der Waals surface area contributed by atoms with Gasteiger partial charge in [-0.05, 0) is 25.0 Å². The number of para-hydroxylation sites is 1. The molecule has 0 atom stereocenters. The van der Waals surface area contributed by atoms with Crippen LogP contribution in [0.5, 0.6) is 0 Å². The number of benzene rings is 1. The highest BCUT2D eigenvalue weighted by molar-refractivity contribution is 7.14. The number of carbonyl (C=O) groups excluding carboxylic acids is 2. The number of aromatic nitrogens is 1. The van der Waals surface area contributed by atoms with Crippen LogP contribution < -0.4 is 10.3 Å². The van der Waals surface area contributed by atoms with Crippen molar-refractivity contribution in [1.82, 2.24) is 4.98 Å². The molecule has 0 saturated heterocycles. The Labute approximate surface area is 143 Å². The summed E-state index contributed by atoms with van der Waals surface area (Å²) in [7, 11) is 0. The monoisotopic (exact) mass is 340 g/mol. The quantitative estimate of drug-likeness (QED) is 0.929. The van der Waals surface area contributed by atoms with Crippen molar-refractivity contribution in [2.45, 2.75) is 31.6 Å². The minimum Gasteiger partial charge on any atom is -0.297 e. The Morgan fingerprint density at radius 1 is 1.21 bits per heavy atom. The topological polar surface area (TPSA) is 74.7 Å². The van der Waals surface area contributed by atoms with Crippen molar-refractivity contribution in [1.29, 1.82) is 0 Å². The maximum atomic E-state index is 12.4. The van der Waals surface area contributed by atoms with Gasteiger partial charge < -0.3 is 0 Å². The Balaban J connectivity index is 1.51. The van der Waals surface area contributed by atoms with Crippen molar-refractivity contribution >= 4 is 39.7 Å². The molecule has 1 aliphatic heterocycles. The average molecular weight is 340 g/mol. The molecular weight excluding hydrogens is 324 g/mol. The fourth-order valence-corrected chi connectivity index (χ4v) is 3.35. The molecule has 24 heavy (non-hydrogen) atoms. The van der Waals surface area contributed by atoms with Crippen LogP contribution in [0.25, 0.3) is 0 Å². The molecule has 0 bridgehead atoms. The fourth-order valence-electron chi connectivity index (χ4n) is 2.57. The van der Waals surface area contributed by atoms with E-state index < -0.39 is 0 Å². The summed E-state index contributed by atoms with van der Waals surface area (Å²) < 4.78 is 0. The van der Waals surface area contributed by atoms with Crippen LogP contribution in [-0.4, -0.2) is 22.5 Å². The molecular formula is C17H16N4O2S. The summed E-state index contributed by atoms with van der Waals surface area (Å²) in [5.41, 5.74) is 2.07. The number of hydrogen-bond donors (Lipinski definition) is 1. The molecule has 0 unspecified atom stereocenters. The summed E-state index contributed by atoms with van der Waals surface area (Å²) in [6.07, 6.45) is 2.97. The number of hydrogen-bond acceptors (Lipinski definition) is 5. The lowest BCUT2D eigenvalue weighted by Crippen LogP contribution is -2.36. The maximum absolute atomic E-state index is 12.4. The lowest BCUT2D eigenvalue weighted by atomic mass is 10.1. The van der Waals surface area contributed by atoms with Crippen LogP contribution >= 0.6 is 11.3 Å². The van der Waals surface area contributed by atoms with Gasteiger partial charge in [0.1, 0.15) is 5.71 Å². The Morgan fingerprint density at radius 3 is 2.75 bits per heavy atom. The third-order valence-electron chi connectivity index (χ3n) is 4.03. The third kappa shape index (κ3) is 3.07. The van der Waals surface area contributed by atoms with Crippen LogP contribution in [0, 0.1) is 0 Å². The van der Waals surface area contributed by atoms with Gasteiger partial charge in [-0.25, -0.2) is 9.99 Å². The Hall–Kier alpha value is -2.54. The lowest BCUT2D eigenvalue weighted by molar-refractivity contribution is -0.118. The van der Waals surface area contributed by atoms with Crippen molar-refractivity contribution in [3.8, 4) is 0 Å². The highest BCUT2D eigenvalue weighted by Gasteiger charge is 2.28. The summed E-state index contributed by atoms with van der Waals surface area (Å²) in [6.45, 7) is 0. The summed E-state index contributed by atoms with van der Waals surface area (Å²) in [5, 5.41) is 10.9. The van der Waals surface area contributed by atoms with Crippen LogP contribution in [0.2, 0.25) is 0 Å². The molecule has 0 spiro atoms. The maximum Gasteiger partial charge on any atom is 0.273 e. The molecule has 1 saturated carbocycles. The summed E-state index contributed by atoms with van der Waals surface area (Å²) in [5.74, 6) is 0.160. The summed E-state index contributed by atoms with van der Waals surface area (Å²) >= 11 is 1.43. The molecule has 4 rings (SSSR count). The summed E-state index contributed by atoms with van der Waals surface area (Å²) in [4.78, 5) is 29.0. The second-order valence-corrected chi connectivity index (χ2v) is 6.75. The van der Waals surface area contributed by atoms with Gasteiger partial charge in [0.25, 0.3) is 5.91 Å². The SMILES string of the molecule is O=C(Nc1nc(C2CC2)cs1)C1=NN(c2ccccc2)C(=O)CC1. The van der Waals surface area contributed by atoms with Crippen LogP contribution in [0.1, 0.15) is 37.3 Å². The van der Waals surface area contributed by atoms with Gasteiger partial charge in [0, 0.05) is 24.1 Å². The van der Waals surface area contributed by atoms with Crippen molar-refractivity contribution in [2.75, 3.05) is 10.3 Å². The second kappa shape index (κ2) is 6.16. The molecule has 1 fully saturated rings. The van der Waals surface area contributed by atoms with E-state index >= 15 is 0 Å². The van der Waals surface area contributed by atoms with E-state index in [2.05, 4.69) is 15.4 Å². The molecule has 1 aromatic carbocycles. The van der Waals surface area contributed by atoms with E-state index in [1.165, 1.54) is 29.2 Å². The number of anilines is 2. The third-order valence-corrected chi connectivity index (χ3v) is 4.81. The van der Waals surface area contributed by atoms with Crippen LogP contribution in [-0.2, 0) is 9.59 Å². The standard InChI is InChI=1S/C17H16N4O2S/c22-15-9-8-13(20-21(15)12-4-2-1-3-5-12)16(23)19-17-18-14(10-24-17)11-6-7-11/h1-5,10-11H,6-9H2,(H,18,19,23). The molecule has 2 aliphatic rings. The van der Waals surface area contributed by atoms with Crippen LogP contribution in [0.4, 0.5) is 10.8 Å². The van der Waals surface area contributed by atoms with Gasteiger partial charge in [-0.1, -0.05) is 18.2 Å². The van der Waals surface area contributed by atoms with Gasteiger partial charge in [0.05, 0.1) is 11.4 Å². The van der Waals surface area contributed by atoms with E-state index in [-0.39, 0.29) is 18.2 Å². The molecule has 1 N–H and O–H groups in total. The van der Waals surface area contributed by atoms with E-state index in [0.717, 1.165) is 5.69 Å². The Kier molecular flexibility index (Phi) is 3.86. The van der Waals surface area contributed by atoms with E-state index in [9.17, 15) is 9.59 Å². The zero-order valence-corrected chi connectivity index (χ0v) is 13.8. The first-order valence-electron chi connectivity index (χ1n) is 7.93. The minimum absolute atomic E-state index is 0.108. The number of carbonyl (C=O) groups is 2. The van der Waals surface area contributed by atoms with E-state index in [4.69, 9.17) is 0 Å². The number of amides is 2. The van der Waals surface area contributed by atoms with Crippen molar-refractivity contribution in [3.63, 3.8) is 0 Å². The van der Waals surface area contributed by atoms with E-state index in [1.807, 2.05) is 23.6 Å². The predicted molar refractivity (Wildman–Crippen MR) is 93.3 cm³/mol. The predicted octanol–water partition coefficient (Wildman–Crippen LogP) is 3.14. The molecule has 122 valence electrons. The summed E-state index contributed by atoms with van der Waals surface area (Å²) in [6, 6.07) is 9.13. The van der Waals surface area contributed by atoms with Gasteiger partial charge in [-0.3, -0.25) is 14.9 Å². The number of thiazole rings is 1. The van der Waals surface area contributed by atoms with E-state index in [1.54, 1.807) is 12.1 Å². The minimum atomic E-state index is -0.292. The number of nitrogens with zero attached hydrogens (tertiary/aromatic N) is 3. The zero-order chi connectivity index (χ0) is 16.5. The normalized spacial score (nSPS) is 17.6. The van der Waals surface area contributed by atoms with Gasteiger partial charge in [0.15, 0.2) is 5.13 Å². The molecule has 1 aliphatic carbocycles. The highest BCUT2D eigenvalue weighted by atomic mass is 32.1. The van der Waals surface area contributed by atoms with Crippen molar-refractivity contribution in [2.24, 2.45) is 5.10 Å². The van der Waals surface area contributed by atoms with Crippen molar-refractivity contribution < 1.29 is 9.59 Å². The zero-order valence-electron chi connectivity index (χ0n) is 12.9. The van der Waals surface area contributed by atoms with Gasteiger partial charge in [-0.2, -0.15) is 5.10 Å². The van der Waals surface area contributed by atoms with Gasteiger partial charge in [-0.15, -0.1) is 11.3 Å². The molecule has 2 aromatic rings. The van der Waals surface area contributed by atoms with Crippen LogP contribution in [0.3, 0.4) is 0 Å². The van der Waals surface area contributed by atoms with Crippen molar-refractivity contribution in [3.05, 3.63) is 41.4 Å². The van der Waals surface area contributed by atoms with E-state index in [0.29, 0.717) is 28.9 Å². The lowest BCUT2D eigenvalue weighted by Gasteiger charge is -2.22. The largest absolute Gasteiger partial charge is 0.297 e. The molecule has 0 radical (unpaired) electrons. The smallest absolute Gasteiger partial charge is 0.273 e. The highest BCUT2D eigenvalue weighted by Crippen LogP contribution is 2.40. The first-order chi connectivity index (χ1) is 11.7. The molecule has 7 heteroatoms. The fraction of sp³-hybridized carbons (Fsp3) is 0.294. The molecule has 6 nitrogen and oxygen atoms in total. The van der Waals surface area contributed by atoms with Gasteiger partial charge >= 0.3 is 0 Å². The first-order valence-corrected chi connectivity index (χ1v) is 8.81. The molecule has 1 aromatic heterocycles. The first kappa shape index (κ1) is 15.0. The Morgan fingerprint density at radius 2 is 2.00 bits per heavy atom. The Bertz CT molecular complexity index is 811. The second-order valence-electron chi connectivity index (χ2n) is 5.89. The molecule has 2 amide bonds. The number of hydrazone groups is 1. The number of rotatable bonds is 4. The molecule has 2 heterocycles. The van der Waals surface area contributed by atoms with Crippen LogP contribution in [0.15, 0.2) is 40.8 Å². The number of nitrogens with one attached hydrogen (secondary N) is 1. The average Bonchev–Trinajstić information content (AvgIpc) is 3.36.